The maximum Gasteiger partial charge on any atom is 0.220 e. The van der Waals surface area contributed by atoms with Gasteiger partial charge in [-0.15, -0.1) is 0 Å². The van der Waals surface area contributed by atoms with Crippen LogP contribution >= 0.6 is 0 Å². The van der Waals surface area contributed by atoms with Gasteiger partial charge < -0.3 is 89.9 Å². The third kappa shape index (κ3) is 47.8. The number of carbonyl (C=O) groups is 1. The van der Waals surface area contributed by atoms with Gasteiger partial charge in [-0.1, -0.05) is 378 Å². The summed E-state index contributed by atoms with van der Waals surface area (Å²) >= 11 is 0. The van der Waals surface area contributed by atoms with Crippen molar-refractivity contribution in [3.63, 3.8) is 0 Å². The van der Waals surface area contributed by atoms with E-state index in [0.717, 1.165) is 44.9 Å². The lowest BCUT2D eigenvalue weighted by molar-refractivity contribution is -0.379. The zero-order chi connectivity index (χ0) is 78.1. The summed E-state index contributed by atoms with van der Waals surface area (Å²) in [6.07, 6.45) is 61.7. The lowest BCUT2D eigenvalue weighted by Gasteiger charge is -2.48. The molecule has 0 saturated carbocycles. The van der Waals surface area contributed by atoms with E-state index in [2.05, 4.69) is 43.5 Å². The van der Waals surface area contributed by atoms with Crippen molar-refractivity contribution >= 4 is 5.91 Å². The van der Waals surface area contributed by atoms with Crippen LogP contribution in [0, 0.1) is 0 Å². The monoisotopic (exact) mass is 1540 g/mol. The molecule has 0 radical (unpaired) electrons. The first-order valence-corrected chi connectivity index (χ1v) is 45.2. The average molecular weight is 1540 g/mol. The molecule has 0 bridgehead atoms. The van der Waals surface area contributed by atoms with Crippen molar-refractivity contribution in [3.8, 4) is 0 Å². The van der Waals surface area contributed by atoms with Crippen molar-refractivity contribution < 1.29 is 89.4 Å². The van der Waals surface area contributed by atoms with Gasteiger partial charge in [-0.05, 0) is 44.9 Å². The number of hydrogen-bond acceptors (Lipinski definition) is 18. The molecular weight excluding hydrogens is 1370 g/mol. The molecule has 3 saturated heterocycles. The number of amides is 1. The van der Waals surface area contributed by atoms with Gasteiger partial charge in [0.15, 0.2) is 18.9 Å². The van der Waals surface area contributed by atoms with Gasteiger partial charge in [0.25, 0.3) is 0 Å². The third-order valence-electron chi connectivity index (χ3n) is 22.7. The summed E-state index contributed by atoms with van der Waals surface area (Å²) in [5.41, 5.74) is 0. The fourth-order valence-electron chi connectivity index (χ4n) is 15.5. The minimum atomic E-state index is -1.98. The first-order valence-electron chi connectivity index (χ1n) is 45.2. The molecule has 19 nitrogen and oxygen atoms in total. The molecule has 0 aromatic heterocycles. The number of aliphatic hydroxyl groups excluding tert-OH is 11. The van der Waals surface area contributed by atoms with Crippen LogP contribution in [0.4, 0.5) is 0 Å². The van der Waals surface area contributed by atoms with E-state index < -0.39 is 124 Å². The minimum absolute atomic E-state index is 0.237. The third-order valence-corrected chi connectivity index (χ3v) is 22.7. The van der Waals surface area contributed by atoms with Gasteiger partial charge in [-0.2, -0.15) is 0 Å². The fourth-order valence-corrected chi connectivity index (χ4v) is 15.5. The van der Waals surface area contributed by atoms with Gasteiger partial charge in [0.05, 0.1) is 38.6 Å². The lowest BCUT2D eigenvalue weighted by Crippen LogP contribution is -2.66. The number of unbranched alkanes of at least 4 members (excludes halogenated alkanes) is 54. The Kier molecular flexibility index (Phi) is 64.3. The molecule has 0 spiro atoms. The summed E-state index contributed by atoms with van der Waals surface area (Å²) in [4.78, 5) is 13.5. The highest BCUT2D eigenvalue weighted by atomic mass is 16.8. The Hall–Kier alpha value is -1.99. The lowest BCUT2D eigenvalue weighted by atomic mass is 9.96. The van der Waals surface area contributed by atoms with Gasteiger partial charge in [0, 0.05) is 6.42 Å². The molecule has 12 N–H and O–H groups in total. The van der Waals surface area contributed by atoms with Crippen LogP contribution in [0.25, 0.3) is 0 Å². The summed E-state index contributed by atoms with van der Waals surface area (Å²) in [5, 5.41) is 121. The van der Waals surface area contributed by atoms with Crippen molar-refractivity contribution in [1.29, 1.82) is 0 Å². The molecule has 3 aliphatic rings. The number of nitrogens with one attached hydrogen (secondary N) is 1. The number of aliphatic hydroxyl groups is 11. The quantitative estimate of drug-likeness (QED) is 0.0199. The Morgan fingerprint density at radius 2 is 0.593 bits per heavy atom. The average Bonchev–Trinajstić information content (AvgIpc) is 0.772. The first-order chi connectivity index (χ1) is 52.8. The van der Waals surface area contributed by atoms with E-state index in [1.807, 2.05) is 6.08 Å². The largest absolute Gasteiger partial charge is 0.394 e. The molecule has 636 valence electrons. The zero-order valence-corrected chi connectivity index (χ0v) is 68.6. The van der Waals surface area contributed by atoms with Crippen molar-refractivity contribution in [2.24, 2.45) is 0 Å². The molecule has 108 heavy (non-hydrogen) atoms. The highest BCUT2D eigenvalue weighted by Gasteiger charge is 2.54. The zero-order valence-electron chi connectivity index (χ0n) is 68.6. The molecule has 3 fully saturated rings. The second-order valence-electron chi connectivity index (χ2n) is 32.4. The molecule has 17 unspecified atom stereocenters. The normalized spacial score (nSPS) is 25.5. The second-order valence-corrected chi connectivity index (χ2v) is 32.4. The van der Waals surface area contributed by atoms with Gasteiger partial charge >= 0.3 is 0 Å². The fraction of sp³-hybridized carbons (Fsp3) is 0.921. The minimum Gasteiger partial charge on any atom is -0.394 e. The molecule has 3 rings (SSSR count). The maximum atomic E-state index is 13.5. The molecule has 0 aliphatic carbocycles. The predicted octanol–water partition coefficient (Wildman–Crippen LogP) is 17.0. The molecule has 3 heterocycles. The van der Waals surface area contributed by atoms with Crippen LogP contribution < -0.4 is 5.32 Å². The SMILES string of the molecule is CCCCCCCCCCCCCCCCCCCCCC/C=C/CC/C=C/CC/C=C/C(O)C(COC1OC(CO)C(OC2OC(CO)C(OC3OC(CO)C(O)C(O)C3O)C(O)C2O)C(O)C1O)NC(=O)CCCCCCCCCCCCCCCCCCCCCCCCCCCCCCCCCCC. The van der Waals surface area contributed by atoms with E-state index in [9.17, 15) is 61.0 Å². The van der Waals surface area contributed by atoms with Crippen LogP contribution in [0.5, 0.6) is 0 Å². The van der Waals surface area contributed by atoms with Crippen LogP contribution in [0.3, 0.4) is 0 Å². The molecule has 0 aromatic rings. The van der Waals surface area contributed by atoms with E-state index in [4.69, 9.17) is 28.4 Å². The van der Waals surface area contributed by atoms with Gasteiger partial charge in [-0.25, -0.2) is 0 Å². The van der Waals surface area contributed by atoms with Crippen molar-refractivity contribution in [3.05, 3.63) is 36.5 Å². The standard InChI is InChI=1S/C89H167NO18/c1-3-5-7-9-11-13-15-17-19-21-23-25-27-29-31-33-35-36-37-39-41-43-45-47-49-51-53-55-57-59-61-63-65-67-77(95)90-72(73(94)66-64-62-60-58-56-54-52-50-48-46-44-42-40-38-34-32-30-28-26-24-22-20-18-16-14-12-10-8-6-4-2)71-103-87-83(101)80(98)85(75(69-92)105-87)108-89-84(102)81(99)86(76(70-93)106-89)107-88-82(100)79(97)78(96)74(68-91)104-88/h48,50,56,58,64,66,72-76,78-89,91-94,96-102H,3-47,49,51-55,57,59-63,65,67-71H2,1-2H3,(H,90,95)/b50-48+,58-56+,66-64+. The van der Waals surface area contributed by atoms with Crippen molar-refractivity contribution in [2.75, 3.05) is 26.4 Å². The number of carbonyl (C=O) groups excluding carboxylic acids is 1. The molecule has 3 aliphatic heterocycles. The van der Waals surface area contributed by atoms with Crippen molar-refractivity contribution in [2.45, 2.75) is 497 Å². The Labute approximate surface area is 657 Å². The first kappa shape index (κ1) is 100. The second kappa shape index (κ2) is 69.3. The molecule has 0 aromatic carbocycles. The number of allylic oxidation sites excluding steroid dienone is 5. The summed E-state index contributed by atoms with van der Waals surface area (Å²) in [6.45, 7) is 1.78. The van der Waals surface area contributed by atoms with Crippen LogP contribution in [-0.4, -0.2) is 193 Å². The smallest absolute Gasteiger partial charge is 0.220 e. The van der Waals surface area contributed by atoms with E-state index in [0.29, 0.717) is 12.8 Å². The van der Waals surface area contributed by atoms with Crippen LogP contribution in [0.2, 0.25) is 0 Å². The summed E-state index contributed by atoms with van der Waals surface area (Å²) in [7, 11) is 0. The van der Waals surface area contributed by atoms with E-state index in [-0.39, 0.29) is 18.9 Å². The van der Waals surface area contributed by atoms with E-state index in [1.54, 1.807) is 6.08 Å². The molecule has 19 heteroatoms. The summed E-state index contributed by atoms with van der Waals surface area (Å²) in [6, 6.07) is -0.997. The van der Waals surface area contributed by atoms with Crippen LogP contribution in [-0.2, 0) is 33.2 Å². The van der Waals surface area contributed by atoms with Crippen LogP contribution in [0.1, 0.15) is 393 Å². The molecular formula is C89H167NO18. The van der Waals surface area contributed by atoms with E-state index >= 15 is 0 Å². The van der Waals surface area contributed by atoms with Gasteiger partial charge in [-0.3, -0.25) is 4.79 Å². The Morgan fingerprint density at radius 3 is 0.926 bits per heavy atom. The number of ether oxygens (including phenoxy) is 6. The van der Waals surface area contributed by atoms with Gasteiger partial charge in [0.2, 0.25) is 5.91 Å². The summed E-state index contributed by atoms with van der Waals surface area (Å²) in [5.74, 6) is -0.281. The number of rotatable bonds is 74. The highest BCUT2D eigenvalue weighted by Crippen LogP contribution is 2.34. The summed E-state index contributed by atoms with van der Waals surface area (Å²) < 4.78 is 34.5. The Balaban J connectivity index is 1.34. The Morgan fingerprint density at radius 1 is 0.324 bits per heavy atom. The van der Waals surface area contributed by atoms with Gasteiger partial charge in [0.1, 0.15) is 73.2 Å². The maximum absolute atomic E-state index is 13.5. The molecule has 17 atom stereocenters. The topological polar surface area (TPSA) is 307 Å². The van der Waals surface area contributed by atoms with E-state index in [1.165, 1.54) is 315 Å². The highest BCUT2D eigenvalue weighted by molar-refractivity contribution is 5.76. The van der Waals surface area contributed by atoms with Crippen molar-refractivity contribution in [1.82, 2.24) is 5.32 Å². The van der Waals surface area contributed by atoms with Crippen LogP contribution in [0.15, 0.2) is 36.5 Å². The predicted molar refractivity (Wildman–Crippen MR) is 434 cm³/mol. The Bertz CT molecular complexity index is 2090. The number of hydrogen-bond donors (Lipinski definition) is 12. The molecule has 1 amide bonds.